The molecule has 1 aromatic heterocycles. The smallest absolute Gasteiger partial charge is 0.226 e. The lowest BCUT2D eigenvalue weighted by Gasteiger charge is -2.42. The molecule has 0 spiro atoms. The lowest BCUT2D eigenvalue weighted by molar-refractivity contribution is -0.138. The fraction of sp³-hybridized carbons (Fsp3) is 0.714. The zero-order chi connectivity index (χ0) is 18.5. The van der Waals surface area contributed by atoms with E-state index in [9.17, 15) is 4.79 Å². The normalized spacial score (nSPS) is 23.3. The van der Waals surface area contributed by atoms with Crippen molar-refractivity contribution in [2.24, 2.45) is 5.92 Å². The van der Waals surface area contributed by atoms with Crippen LogP contribution in [0.5, 0.6) is 0 Å². The first-order chi connectivity index (χ1) is 12.5. The van der Waals surface area contributed by atoms with Gasteiger partial charge in [-0.3, -0.25) is 19.6 Å². The molecule has 1 amide bonds. The Bertz CT molecular complexity index is 569. The Balaban J connectivity index is 1.49. The molecule has 0 aromatic carbocycles. The number of carbonyl (C=O) groups is 1. The maximum absolute atomic E-state index is 12.7. The Kier molecular flexibility index (Phi) is 6.65. The summed E-state index contributed by atoms with van der Waals surface area (Å²) in [5.41, 5.74) is 1.30. The lowest BCUT2D eigenvalue weighted by atomic mass is 9.92. The highest BCUT2D eigenvalue weighted by Gasteiger charge is 2.33. The average Bonchev–Trinajstić information content (AvgIpc) is 2.68. The van der Waals surface area contributed by atoms with E-state index in [0.29, 0.717) is 11.9 Å². The number of aromatic nitrogens is 1. The van der Waals surface area contributed by atoms with Crippen LogP contribution in [0.15, 0.2) is 24.5 Å². The molecular weight excluding hydrogens is 324 g/mol. The lowest BCUT2D eigenvalue weighted by Crippen LogP contribution is -2.51. The van der Waals surface area contributed by atoms with Crippen LogP contribution in [-0.2, 0) is 11.3 Å². The number of piperidine rings is 2. The topological polar surface area (TPSA) is 39.7 Å². The molecule has 0 aliphatic carbocycles. The Morgan fingerprint density at radius 2 is 2.04 bits per heavy atom. The number of hydrogen-bond acceptors (Lipinski definition) is 4. The van der Waals surface area contributed by atoms with Gasteiger partial charge < -0.3 is 4.90 Å². The SMILES string of the molecule is CC(C)N(C)C(=O)C1CCCN(C2CCN(Cc3cccnc3)CC2)C1. The zero-order valence-corrected chi connectivity index (χ0v) is 16.6. The highest BCUT2D eigenvalue weighted by Crippen LogP contribution is 2.25. The Hall–Kier alpha value is -1.46. The van der Waals surface area contributed by atoms with Crippen LogP contribution >= 0.6 is 0 Å². The van der Waals surface area contributed by atoms with E-state index in [0.717, 1.165) is 45.6 Å². The number of nitrogens with zero attached hydrogens (tertiary/aromatic N) is 4. The van der Waals surface area contributed by atoms with Gasteiger partial charge in [-0.15, -0.1) is 0 Å². The monoisotopic (exact) mass is 358 g/mol. The van der Waals surface area contributed by atoms with E-state index < -0.39 is 0 Å². The molecular formula is C21H34N4O. The van der Waals surface area contributed by atoms with Gasteiger partial charge in [-0.2, -0.15) is 0 Å². The van der Waals surface area contributed by atoms with Gasteiger partial charge in [-0.05, 0) is 70.8 Å². The minimum Gasteiger partial charge on any atom is -0.343 e. The molecule has 1 atom stereocenters. The van der Waals surface area contributed by atoms with Gasteiger partial charge in [-0.1, -0.05) is 6.07 Å². The first kappa shape index (κ1) is 19.3. The Morgan fingerprint density at radius 1 is 1.27 bits per heavy atom. The molecule has 2 aliphatic rings. The van der Waals surface area contributed by atoms with Gasteiger partial charge in [0.1, 0.15) is 0 Å². The number of likely N-dealkylation sites (tertiary alicyclic amines) is 2. The average molecular weight is 359 g/mol. The van der Waals surface area contributed by atoms with Crippen molar-refractivity contribution in [1.82, 2.24) is 19.7 Å². The summed E-state index contributed by atoms with van der Waals surface area (Å²) in [4.78, 5) is 24.0. The summed E-state index contributed by atoms with van der Waals surface area (Å²) in [5, 5.41) is 0. The summed E-state index contributed by atoms with van der Waals surface area (Å²) in [7, 11) is 1.95. The van der Waals surface area contributed by atoms with Crippen LogP contribution in [0.25, 0.3) is 0 Å². The van der Waals surface area contributed by atoms with E-state index in [1.807, 2.05) is 30.4 Å². The van der Waals surface area contributed by atoms with Gasteiger partial charge in [0.2, 0.25) is 5.91 Å². The largest absolute Gasteiger partial charge is 0.343 e. The Labute approximate surface area is 158 Å². The maximum Gasteiger partial charge on any atom is 0.226 e. The van der Waals surface area contributed by atoms with Crippen LogP contribution < -0.4 is 0 Å². The second-order valence-electron chi connectivity index (χ2n) is 8.25. The summed E-state index contributed by atoms with van der Waals surface area (Å²) in [6, 6.07) is 5.10. The summed E-state index contributed by atoms with van der Waals surface area (Å²) in [6.45, 7) is 9.57. The van der Waals surface area contributed by atoms with E-state index >= 15 is 0 Å². The van der Waals surface area contributed by atoms with Crippen molar-refractivity contribution in [3.8, 4) is 0 Å². The molecule has 0 saturated carbocycles. The summed E-state index contributed by atoms with van der Waals surface area (Å²) < 4.78 is 0. The molecule has 2 aliphatic heterocycles. The van der Waals surface area contributed by atoms with Crippen LogP contribution in [0.4, 0.5) is 0 Å². The van der Waals surface area contributed by atoms with Crippen molar-refractivity contribution in [2.45, 2.75) is 58.2 Å². The fourth-order valence-corrected chi connectivity index (χ4v) is 4.27. The molecule has 26 heavy (non-hydrogen) atoms. The third-order valence-electron chi connectivity index (χ3n) is 6.13. The van der Waals surface area contributed by atoms with Crippen molar-refractivity contribution in [1.29, 1.82) is 0 Å². The van der Waals surface area contributed by atoms with Crippen molar-refractivity contribution in [3.05, 3.63) is 30.1 Å². The van der Waals surface area contributed by atoms with Crippen molar-refractivity contribution in [2.75, 3.05) is 33.2 Å². The van der Waals surface area contributed by atoms with Crippen LogP contribution in [0, 0.1) is 5.92 Å². The van der Waals surface area contributed by atoms with Gasteiger partial charge >= 0.3 is 0 Å². The Morgan fingerprint density at radius 3 is 2.69 bits per heavy atom. The molecule has 5 nitrogen and oxygen atoms in total. The first-order valence-electron chi connectivity index (χ1n) is 10.2. The van der Waals surface area contributed by atoms with Gasteiger partial charge in [0.15, 0.2) is 0 Å². The molecule has 3 rings (SSSR count). The number of rotatable bonds is 5. The summed E-state index contributed by atoms with van der Waals surface area (Å²) in [6.07, 6.45) is 8.42. The molecule has 0 bridgehead atoms. The van der Waals surface area contributed by atoms with Crippen LogP contribution in [0.2, 0.25) is 0 Å². The predicted molar refractivity (Wildman–Crippen MR) is 105 cm³/mol. The zero-order valence-electron chi connectivity index (χ0n) is 16.6. The predicted octanol–water partition coefficient (Wildman–Crippen LogP) is 2.62. The first-order valence-corrected chi connectivity index (χ1v) is 10.2. The third-order valence-corrected chi connectivity index (χ3v) is 6.13. The molecule has 1 unspecified atom stereocenters. The van der Waals surface area contributed by atoms with Crippen molar-refractivity contribution >= 4 is 5.91 Å². The molecule has 2 fully saturated rings. The minimum absolute atomic E-state index is 0.185. The molecule has 0 radical (unpaired) electrons. The molecule has 2 saturated heterocycles. The minimum atomic E-state index is 0.185. The van der Waals surface area contributed by atoms with Crippen molar-refractivity contribution < 1.29 is 4.79 Å². The number of amides is 1. The molecule has 0 N–H and O–H groups in total. The summed E-state index contributed by atoms with van der Waals surface area (Å²) >= 11 is 0. The van der Waals surface area contributed by atoms with Crippen molar-refractivity contribution in [3.63, 3.8) is 0 Å². The van der Waals surface area contributed by atoms with Crippen LogP contribution in [0.3, 0.4) is 0 Å². The van der Waals surface area contributed by atoms with E-state index in [1.165, 1.54) is 18.4 Å². The van der Waals surface area contributed by atoms with E-state index in [2.05, 4.69) is 34.7 Å². The van der Waals surface area contributed by atoms with Gasteiger partial charge in [0, 0.05) is 44.6 Å². The standard InChI is InChI=1S/C21H34N4O/c1-17(2)23(3)21(26)19-7-5-11-25(16-19)20-8-12-24(13-9-20)15-18-6-4-10-22-14-18/h4,6,10,14,17,19-20H,5,7-9,11-13,15-16H2,1-3H3. The number of hydrogen-bond donors (Lipinski definition) is 0. The van der Waals surface area contributed by atoms with Crippen LogP contribution in [-0.4, -0.2) is 70.9 Å². The highest BCUT2D eigenvalue weighted by atomic mass is 16.2. The van der Waals surface area contributed by atoms with Gasteiger partial charge in [0.05, 0.1) is 5.92 Å². The molecule has 5 heteroatoms. The van der Waals surface area contributed by atoms with Gasteiger partial charge in [-0.25, -0.2) is 0 Å². The second-order valence-corrected chi connectivity index (χ2v) is 8.25. The van der Waals surface area contributed by atoms with E-state index in [4.69, 9.17) is 0 Å². The number of pyridine rings is 1. The highest BCUT2D eigenvalue weighted by molar-refractivity contribution is 5.79. The maximum atomic E-state index is 12.7. The molecule has 1 aromatic rings. The van der Waals surface area contributed by atoms with E-state index in [1.54, 1.807) is 0 Å². The second kappa shape index (κ2) is 8.96. The number of carbonyl (C=O) groups excluding carboxylic acids is 1. The third kappa shape index (κ3) is 4.83. The summed E-state index contributed by atoms with van der Waals surface area (Å²) in [5.74, 6) is 0.517. The van der Waals surface area contributed by atoms with Gasteiger partial charge in [0.25, 0.3) is 0 Å². The van der Waals surface area contributed by atoms with Crippen LogP contribution in [0.1, 0.15) is 45.1 Å². The fourth-order valence-electron chi connectivity index (χ4n) is 4.27. The quantitative estimate of drug-likeness (QED) is 0.811. The molecule has 144 valence electrons. The molecule has 3 heterocycles. The van der Waals surface area contributed by atoms with E-state index in [-0.39, 0.29) is 12.0 Å².